The Morgan fingerprint density at radius 2 is 2.19 bits per heavy atom. The van der Waals surface area contributed by atoms with Gasteiger partial charge in [-0.3, -0.25) is 16.5 Å². The lowest BCUT2D eigenvalue weighted by Gasteiger charge is -2.23. The summed E-state index contributed by atoms with van der Waals surface area (Å²) in [5.74, 6) is 2.60. The molecule has 9 nitrogen and oxygen atoms in total. The van der Waals surface area contributed by atoms with E-state index in [2.05, 4.69) is 15.3 Å². The summed E-state index contributed by atoms with van der Waals surface area (Å²) in [6.07, 6.45) is 2.66. The number of benzene rings is 1. The second-order valence-corrected chi connectivity index (χ2v) is 6.02. The number of fused-ring (bicyclic) bond motifs is 2. The first-order valence-corrected chi connectivity index (χ1v) is 8.63. The topological polar surface area (TPSA) is 140 Å². The number of ether oxygens (including phenoxy) is 2. The van der Waals surface area contributed by atoms with E-state index < -0.39 is 0 Å². The van der Waals surface area contributed by atoms with Gasteiger partial charge in [0.1, 0.15) is 18.0 Å². The zero-order chi connectivity index (χ0) is 18.5. The lowest BCUT2D eigenvalue weighted by molar-refractivity contribution is -0.461. The van der Waals surface area contributed by atoms with Gasteiger partial charge < -0.3 is 25.1 Å². The predicted octanol–water partition coefficient (Wildman–Crippen LogP) is -0.457. The molecule has 0 aliphatic carbocycles. The fourth-order valence-electron chi connectivity index (χ4n) is 2.49. The van der Waals surface area contributed by atoms with Crippen LogP contribution in [0.25, 0.3) is 0 Å². The molecule has 1 aliphatic rings. The number of anilines is 2. The molecule has 138 valence electrons. The molecule has 1 aliphatic heterocycles. The lowest BCUT2D eigenvalue weighted by atomic mass is 10.2. The summed E-state index contributed by atoms with van der Waals surface area (Å²) in [6.45, 7) is 2.16. The van der Waals surface area contributed by atoms with Crippen LogP contribution >= 0.6 is 12.2 Å². The molecular weight excluding hydrogens is 354 g/mol. The van der Waals surface area contributed by atoms with E-state index in [9.17, 15) is 0 Å². The standard InChI is InChI=1S/C16H21N7O2S/c17-5-2-7-23-9-12-14(22-16(23)26)21-13-10(3-1-4-11(13)25-12)24-8-6-20-15(18)19/h1,3-4,9H,2,5-8,17H2,(H4,18,19,20)(H,21,22,26)/p+1. The monoisotopic (exact) mass is 376 g/mol. The molecular formula is C16H22N7O2S+. The fraction of sp³-hybridized carbons (Fsp3) is 0.312. The lowest BCUT2D eigenvalue weighted by Crippen LogP contribution is -2.79. The second-order valence-electron chi connectivity index (χ2n) is 5.66. The zero-order valence-corrected chi connectivity index (χ0v) is 15.0. The van der Waals surface area contributed by atoms with Gasteiger partial charge in [0.25, 0.3) is 0 Å². The van der Waals surface area contributed by atoms with Gasteiger partial charge in [0, 0.05) is 6.54 Å². The minimum Gasteiger partial charge on any atom is -0.488 e. The number of hydrogen-bond donors (Lipinski definition) is 5. The third kappa shape index (κ3) is 4.03. The van der Waals surface area contributed by atoms with Gasteiger partial charge in [-0.1, -0.05) is 6.07 Å². The van der Waals surface area contributed by atoms with Crippen molar-refractivity contribution in [3.63, 3.8) is 0 Å². The van der Waals surface area contributed by atoms with Crippen molar-refractivity contribution in [1.29, 1.82) is 0 Å². The van der Waals surface area contributed by atoms with Crippen LogP contribution in [-0.2, 0) is 6.54 Å². The van der Waals surface area contributed by atoms with Crippen LogP contribution in [0.3, 0.4) is 0 Å². The third-order valence-corrected chi connectivity index (χ3v) is 4.03. The van der Waals surface area contributed by atoms with Gasteiger partial charge in [-0.05, 0) is 37.3 Å². The maximum Gasteiger partial charge on any atom is 0.338 e. The number of para-hydroxylation sites is 1. The Bertz CT molecular complexity index is 877. The van der Waals surface area contributed by atoms with E-state index in [0.29, 0.717) is 59.8 Å². The maximum absolute atomic E-state index is 5.98. The van der Waals surface area contributed by atoms with Crippen LogP contribution in [0, 0.1) is 4.77 Å². The second kappa shape index (κ2) is 8.02. The number of nitrogens with one attached hydrogen (secondary N) is 2. The molecule has 0 amide bonds. The number of rotatable bonds is 7. The highest BCUT2D eigenvalue weighted by atomic mass is 32.1. The van der Waals surface area contributed by atoms with E-state index >= 15 is 0 Å². The summed E-state index contributed by atoms with van der Waals surface area (Å²) >= 11 is 5.34. The van der Waals surface area contributed by atoms with Crippen molar-refractivity contribution in [2.24, 2.45) is 17.2 Å². The quantitative estimate of drug-likeness (QED) is 0.162. The summed E-state index contributed by atoms with van der Waals surface area (Å²) in [5, 5.41) is 3.24. The van der Waals surface area contributed by atoms with E-state index in [1.54, 1.807) is 0 Å². The van der Waals surface area contributed by atoms with Crippen LogP contribution in [-0.4, -0.2) is 35.2 Å². The number of nitrogens with zero attached hydrogens (tertiary/aromatic N) is 2. The summed E-state index contributed by atoms with van der Waals surface area (Å²) in [5.41, 5.74) is 17.0. The highest BCUT2D eigenvalue weighted by molar-refractivity contribution is 7.71. The van der Waals surface area contributed by atoms with Crippen molar-refractivity contribution in [2.75, 3.05) is 25.0 Å². The molecule has 3 rings (SSSR count). The van der Waals surface area contributed by atoms with Gasteiger partial charge >= 0.3 is 5.96 Å². The van der Waals surface area contributed by atoms with Crippen LogP contribution in [0.15, 0.2) is 24.4 Å². The summed E-state index contributed by atoms with van der Waals surface area (Å²) in [6, 6.07) is 5.55. The van der Waals surface area contributed by atoms with Crippen LogP contribution in [0.5, 0.6) is 17.2 Å². The molecule has 1 aromatic carbocycles. The fourth-order valence-corrected chi connectivity index (χ4v) is 2.73. The number of aromatic nitrogens is 2. The Morgan fingerprint density at radius 3 is 2.96 bits per heavy atom. The molecule has 8 N–H and O–H groups in total. The highest BCUT2D eigenvalue weighted by Crippen LogP contribution is 2.45. The molecule has 0 saturated heterocycles. The molecule has 0 fully saturated rings. The van der Waals surface area contributed by atoms with Crippen molar-refractivity contribution in [1.82, 2.24) is 9.55 Å². The molecule has 2 heterocycles. The first-order chi connectivity index (χ1) is 12.6. The maximum atomic E-state index is 5.98. The minimum absolute atomic E-state index is 0.157. The van der Waals surface area contributed by atoms with E-state index in [1.165, 1.54) is 0 Å². The van der Waals surface area contributed by atoms with Crippen molar-refractivity contribution in [2.45, 2.75) is 13.0 Å². The average molecular weight is 376 g/mol. The Hall–Kier alpha value is -2.85. The Morgan fingerprint density at radius 1 is 1.35 bits per heavy atom. The molecule has 0 unspecified atom stereocenters. The Kier molecular flexibility index (Phi) is 5.54. The van der Waals surface area contributed by atoms with Crippen LogP contribution in [0.4, 0.5) is 11.5 Å². The van der Waals surface area contributed by atoms with Gasteiger partial charge in [0.05, 0.1) is 12.7 Å². The van der Waals surface area contributed by atoms with Gasteiger partial charge in [-0.25, -0.2) is 0 Å². The number of guanidine groups is 1. The van der Waals surface area contributed by atoms with E-state index in [-0.39, 0.29) is 5.96 Å². The summed E-state index contributed by atoms with van der Waals surface area (Å²) < 4.78 is 14.1. The van der Waals surface area contributed by atoms with Crippen molar-refractivity contribution in [3.8, 4) is 17.2 Å². The van der Waals surface area contributed by atoms with Gasteiger partial charge in [-0.2, -0.15) is 4.98 Å². The first-order valence-electron chi connectivity index (χ1n) is 8.22. The highest BCUT2D eigenvalue weighted by Gasteiger charge is 2.22. The predicted molar refractivity (Wildman–Crippen MR) is 101 cm³/mol. The molecule has 0 saturated carbocycles. The molecule has 1 aromatic heterocycles. The van der Waals surface area contributed by atoms with Crippen molar-refractivity contribution >= 4 is 29.7 Å². The van der Waals surface area contributed by atoms with E-state index in [4.69, 9.17) is 38.9 Å². The minimum atomic E-state index is 0.157. The Balaban J connectivity index is 1.80. The zero-order valence-electron chi connectivity index (χ0n) is 14.2. The van der Waals surface area contributed by atoms with Crippen molar-refractivity contribution < 1.29 is 14.5 Å². The van der Waals surface area contributed by atoms with Crippen molar-refractivity contribution in [3.05, 3.63) is 29.2 Å². The Labute approximate surface area is 155 Å². The molecule has 2 aromatic rings. The van der Waals surface area contributed by atoms with E-state index in [1.807, 2.05) is 29.0 Å². The number of hydrogen-bond acceptors (Lipinski definition) is 6. The van der Waals surface area contributed by atoms with Gasteiger partial charge in [0.2, 0.25) is 4.77 Å². The number of aryl methyl sites for hydroxylation is 1. The third-order valence-electron chi connectivity index (χ3n) is 3.70. The molecule has 26 heavy (non-hydrogen) atoms. The average Bonchev–Trinajstić information content (AvgIpc) is 2.62. The van der Waals surface area contributed by atoms with Crippen LogP contribution < -0.4 is 37.0 Å². The van der Waals surface area contributed by atoms with Gasteiger partial charge in [-0.15, -0.1) is 0 Å². The summed E-state index contributed by atoms with van der Waals surface area (Å²) in [4.78, 5) is 7.22. The molecule has 0 radical (unpaired) electrons. The van der Waals surface area contributed by atoms with Gasteiger partial charge in [0.15, 0.2) is 17.3 Å². The molecule has 0 atom stereocenters. The van der Waals surface area contributed by atoms with Crippen LogP contribution in [0.1, 0.15) is 6.42 Å². The normalized spacial score (nSPS) is 11.6. The first kappa shape index (κ1) is 18.0. The molecule has 0 bridgehead atoms. The SMILES string of the molecule is NCCCn1cc2c(nc1=S)Nc1c(OCC[NH+]=C(N)N)cccc1O2. The smallest absolute Gasteiger partial charge is 0.338 e. The van der Waals surface area contributed by atoms with Crippen LogP contribution in [0.2, 0.25) is 0 Å². The largest absolute Gasteiger partial charge is 0.488 e. The summed E-state index contributed by atoms with van der Waals surface area (Å²) in [7, 11) is 0. The molecule has 10 heteroatoms. The molecule has 0 spiro atoms. The number of nitrogens with two attached hydrogens (primary N) is 3. The van der Waals surface area contributed by atoms with E-state index in [0.717, 1.165) is 6.42 Å².